The molecule has 4 nitrogen and oxygen atoms in total. The van der Waals surface area contributed by atoms with E-state index in [2.05, 4.69) is 16.9 Å². The lowest BCUT2D eigenvalue weighted by molar-refractivity contribution is 0.474. The van der Waals surface area contributed by atoms with Gasteiger partial charge in [-0.15, -0.1) is 0 Å². The van der Waals surface area contributed by atoms with Gasteiger partial charge in [0, 0.05) is 59.2 Å². The van der Waals surface area contributed by atoms with Crippen LogP contribution in [0.5, 0.6) is 11.5 Å². The number of aliphatic imine (C=N–C) groups is 2. The quantitative estimate of drug-likeness (QED) is 0.429. The maximum absolute atomic E-state index is 9.67. The maximum atomic E-state index is 9.67. The first-order valence-electron chi connectivity index (χ1n) is 8.92. The highest BCUT2D eigenvalue weighted by Gasteiger charge is 2.02. The third-order valence-electron chi connectivity index (χ3n) is 3.67. The standard InChI is InChI=1S/C21H26N2O2S2/c1-17(27-13-11-23-15-19-7-3-5-9-21(19)25)16-26-12-10-22-14-18-6-2-4-8-20(18)24/h2-9,14-15,17,24-25H,10-13,16H2,1H3. The Bertz CT molecular complexity index is 750. The van der Waals surface area contributed by atoms with Crippen LogP contribution in [0.25, 0.3) is 0 Å². The molecule has 27 heavy (non-hydrogen) atoms. The molecule has 0 aliphatic heterocycles. The van der Waals surface area contributed by atoms with Crippen molar-refractivity contribution in [2.75, 3.05) is 30.3 Å². The van der Waals surface area contributed by atoms with Crippen LogP contribution in [0.4, 0.5) is 0 Å². The Kier molecular flexibility index (Phi) is 9.87. The minimum absolute atomic E-state index is 0.267. The van der Waals surface area contributed by atoms with Crippen LogP contribution in [-0.4, -0.2) is 58.2 Å². The van der Waals surface area contributed by atoms with Crippen LogP contribution in [0, 0.1) is 0 Å². The summed E-state index contributed by atoms with van der Waals surface area (Å²) in [6.07, 6.45) is 3.47. The fourth-order valence-electron chi connectivity index (χ4n) is 2.24. The zero-order chi connectivity index (χ0) is 19.3. The van der Waals surface area contributed by atoms with Crippen molar-refractivity contribution < 1.29 is 10.2 Å². The average molecular weight is 403 g/mol. The van der Waals surface area contributed by atoms with Crippen LogP contribution in [0.2, 0.25) is 0 Å². The number of hydrogen-bond donors (Lipinski definition) is 2. The molecular formula is C21H26N2O2S2. The number of phenols is 2. The molecule has 0 aliphatic carbocycles. The summed E-state index contributed by atoms with van der Waals surface area (Å²) >= 11 is 3.80. The van der Waals surface area contributed by atoms with E-state index in [1.165, 1.54) is 0 Å². The molecule has 0 heterocycles. The van der Waals surface area contributed by atoms with Gasteiger partial charge in [0.1, 0.15) is 11.5 Å². The number of para-hydroxylation sites is 2. The fraction of sp³-hybridized carbons (Fsp3) is 0.333. The van der Waals surface area contributed by atoms with Crippen molar-refractivity contribution in [1.29, 1.82) is 0 Å². The van der Waals surface area contributed by atoms with Crippen molar-refractivity contribution in [3.8, 4) is 11.5 Å². The number of benzene rings is 2. The molecule has 2 rings (SSSR count). The zero-order valence-corrected chi connectivity index (χ0v) is 17.1. The minimum atomic E-state index is 0.267. The molecule has 1 unspecified atom stereocenters. The fourth-order valence-corrected chi connectivity index (χ4v) is 4.26. The smallest absolute Gasteiger partial charge is 0.124 e. The molecule has 6 heteroatoms. The Balaban J connectivity index is 1.53. The van der Waals surface area contributed by atoms with Crippen molar-refractivity contribution in [3.63, 3.8) is 0 Å². The zero-order valence-electron chi connectivity index (χ0n) is 15.5. The van der Waals surface area contributed by atoms with Gasteiger partial charge in [0.2, 0.25) is 0 Å². The van der Waals surface area contributed by atoms with Crippen molar-refractivity contribution >= 4 is 36.0 Å². The van der Waals surface area contributed by atoms with E-state index in [9.17, 15) is 10.2 Å². The van der Waals surface area contributed by atoms with Crippen LogP contribution in [0.15, 0.2) is 58.5 Å². The SMILES string of the molecule is CC(CSCCN=Cc1ccccc1O)SCCN=Cc1ccccc1O. The molecule has 0 bridgehead atoms. The first-order chi connectivity index (χ1) is 13.2. The molecule has 0 radical (unpaired) electrons. The lowest BCUT2D eigenvalue weighted by Gasteiger charge is -2.09. The number of rotatable bonds is 11. The van der Waals surface area contributed by atoms with Gasteiger partial charge >= 0.3 is 0 Å². The van der Waals surface area contributed by atoms with Gasteiger partial charge in [-0.25, -0.2) is 0 Å². The highest BCUT2D eigenvalue weighted by molar-refractivity contribution is 8.03. The normalized spacial score (nSPS) is 12.8. The van der Waals surface area contributed by atoms with Crippen molar-refractivity contribution in [1.82, 2.24) is 0 Å². The molecule has 0 aromatic heterocycles. The molecule has 0 saturated heterocycles. The Morgan fingerprint density at radius 2 is 1.37 bits per heavy atom. The maximum Gasteiger partial charge on any atom is 0.124 e. The second kappa shape index (κ2) is 12.5. The molecule has 0 aliphatic rings. The van der Waals surface area contributed by atoms with Gasteiger partial charge in [0.15, 0.2) is 0 Å². The summed E-state index contributed by atoms with van der Waals surface area (Å²) in [5.41, 5.74) is 1.52. The van der Waals surface area contributed by atoms with E-state index in [0.717, 1.165) is 41.5 Å². The van der Waals surface area contributed by atoms with Gasteiger partial charge in [0.25, 0.3) is 0 Å². The lowest BCUT2D eigenvalue weighted by atomic mass is 10.2. The van der Waals surface area contributed by atoms with E-state index in [4.69, 9.17) is 0 Å². The summed E-state index contributed by atoms with van der Waals surface area (Å²) in [5.74, 6) is 3.56. The van der Waals surface area contributed by atoms with Gasteiger partial charge in [-0.1, -0.05) is 31.2 Å². The Morgan fingerprint density at radius 3 is 1.93 bits per heavy atom. The monoisotopic (exact) mass is 402 g/mol. The molecular weight excluding hydrogens is 376 g/mol. The first-order valence-corrected chi connectivity index (χ1v) is 11.1. The van der Waals surface area contributed by atoms with Crippen LogP contribution >= 0.6 is 23.5 Å². The van der Waals surface area contributed by atoms with E-state index in [-0.39, 0.29) is 11.5 Å². The highest BCUT2D eigenvalue weighted by atomic mass is 32.2. The molecule has 2 aromatic carbocycles. The molecule has 0 fully saturated rings. The van der Waals surface area contributed by atoms with Crippen LogP contribution in [0.3, 0.4) is 0 Å². The third kappa shape index (κ3) is 8.54. The summed E-state index contributed by atoms with van der Waals surface area (Å²) in [7, 11) is 0. The Hall–Kier alpha value is -1.92. The number of nitrogens with zero attached hydrogens (tertiary/aromatic N) is 2. The predicted octanol–water partition coefficient (Wildman–Crippen LogP) is 4.49. The minimum Gasteiger partial charge on any atom is -0.507 e. The molecule has 0 amide bonds. The van der Waals surface area contributed by atoms with E-state index in [1.54, 1.807) is 36.7 Å². The molecule has 1 atom stereocenters. The van der Waals surface area contributed by atoms with Gasteiger partial charge in [0.05, 0.1) is 0 Å². The average Bonchev–Trinajstić information content (AvgIpc) is 2.67. The molecule has 0 saturated carbocycles. The first kappa shape index (κ1) is 21.4. The van der Waals surface area contributed by atoms with Gasteiger partial charge in [-0.05, 0) is 24.3 Å². The summed E-state index contributed by atoms with van der Waals surface area (Å²) in [6.45, 7) is 3.73. The molecule has 2 aromatic rings. The van der Waals surface area contributed by atoms with Gasteiger partial charge < -0.3 is 10.2 Å². The van der Waals surface area contributed by atoms with E-state index < -0.39 is 0 Å². The van der Waals surface area contributed by atoms with E-state index in [0.29, 0.717) is 5.25 Å². The molecule has 144 valence electrons. The van der Waals surface area contributed by atoms with Crippen LogP contribution < -0.4 is 0 Å². The summed E-state index contributed by atoms with van der Waals surface area (Å²) in [5, 5.41) is 19.9. The number of phenolic OH excluding ortho intramolecular Hbond substituents is 2. The number of thioether (sulfide) groups is 2. The molecule has 2 N–H and O–H groups in total. The highest BCUT2D eigenvalue weighted by Crippen LogP contribution is 2.17. The summed E-state index contributed by atoms with van der Waals surface area (Å²) < 4.78 is 0. The summed E-state index contributed by atoms with van der Waals surface area (Å²) in [4.78, 5) is 8.75. The van der Waals surface area contributed by atoms with E-state index in [1.807, 2.05) is 47.8 Å². The van der Waals surface area contributed by atoms with Gasteiger partial charge in [-0.3, -0.25) is 9.98 Å². The predicted molar refractivity (Wildman–Crippen MR) is 120 cm³/mol. The van der Waals surface area contributed by atoms with Crippen molar-refractivity contribution in [3.05, 3.63) is 59.7 Å². The Morgan fingerprint density at radius 1 is 0.852 bits per heavy atom. The second-order valence-corrected chi connectivity index (χ2v) is 8.64. The topological polar surface area (TPSA) is 65.2 Å². The lowest BCUT2D eigenvalue weighted by Crippen LogP contribution is -2.04. The Labute approximate surface area is 169 Å². The number of hydrogen-bond acceptors (Lipinski definition) is 6. The largest absolute Gasteiger partial charge is 0.507 e. The van der Waals surface area contributed by atoms with Gasteiger partial charge in [-0.2, -0.15) is 23.5 Å². The van der Waals surface area contributed by atoms with E-state index >= 15 is 0 Å². The number of aromatic hydroxyl groups is 2. The summed E-state index contributed by atoms with van der Waals surface area (Å²) in [6, 6.07) is 14.4. The van der Waals surface area contributed by atoms with Crippen LogP contribution in [0.1, 0.15) is 18.1 Å². The molecule has 0 spiro atoms. The van der Waals surface area contributed by atoms with Crippen molar-refractivity contribution in [2.45, 2.75) is 12.2 Å². The van der Waals surface area contributed by atoms with Crippen molar-refractivity contribution in [2.24, 2.45) is 9.98 Å². The van der Waals surface area contributed by atoms with Crippen LogP contribution in [-0.2, 0) is 0 Å². The second-order valence-electron chi connectivity index (χ2n) is 5.94. The third-order valence-corrected chi connectivity index (χ3v) is 6.25.